The molecule has 3 N–H and O–H groups in total. The summed E-state index contributed by atoms with van der Waals surface area (Å²) in [5, 5.41) is 0. The van der Waals surface area contributed by atoms with Crippen molar-refractivity contribution >= 4 is 11.9 Å². The van der Waals surface area contributed by atoms with E-state index >= 15 is 0 Å². The zero-order valence-electron chi connectivity index (χ0n) is 10.2. The molecule has 1 amide bonds. The Morgan fingerprint density at radius 2 is 2.26 bits per heavy atom. The van der Waals surface area contributed by atoms with Crippen LogP contribution in [0.5, 0.6) is 0 Å². The average Bonchev–Trinajstić information content (AvgIpc) is 2.85. The van der Waals surface area contributed by atoms with Crippen LogP contribution in [-0.2, 0) is 9.47 Å². The van der Waals surface area contributed by atoms with Gasteiger partial charge in [0, 0.05) is 11.5 Å². The van der Waals surface area contributed by atoms with Gasteiger partial charge >= 0.3 is 0 Å². The Labute approximate surface area is 110 Å². The molecule has 1 saturated heterocycles. The lowest BCUT2D eigenvalue weighted by molar-refractivity contribution is 0.0991. The Morgan fingerprint density at radius 1 is 1.42 bits per heavy atom. The first-order valence-electron chi connectivity index (χ1n) is 6.08. The van der Waals surface area contributed by atoms with Gasteiger partial charge in [-0.25, -0.2) is 4.99 Å². The number of nitrogens with two attached hydrogens (primary N) is 1. The number of aliphatic imine (C=N–C) groups is 1. The monoisotopic (exact) mass is 260 g/mol. The van der Waals surface area contributed by atoms with Gasteiger partial charge in [-0.2, -0.15) is 0 Å². The molecule has 0 bridgehead atoms. The van der Waals surface area contributed by atoms with Crippen molar-refractivity contribution in [3.8, 4) is 0 Å². The van der Waals surface area contributed by atoms with E-state index in [0.29, 0.717) is 18.8 Å². The van der Waals surface area contributed by atoms with Gasteiger partial charge in [0.1, 0.15) is 6.10 Å². The number of benzene rings is 1. The highest BCUT2D eigenvalue weighted by molar-refractivity contribution is 5.92. The maximum absolute atomic E-state index is 11.1. The summed E-state index contributed by atoms with van der Waals surface area (Å²) in [7, 11) is 0. The molecule has 3 unspecified atom stereocenters. The normalized spacial score (nSPS) is 29.3. The minimum absolute atomic E-state index is 0.0853. The second-order valence-electron chi connectivity index (χ2n) is 4.72. The third kappa shape index (κ3) is 2.15. The minimum Gasteiger partial charge on any atom is -0.459 e. The number of hydrogen-bond acceptors (Lipinski definition) is 5. The maximum Gasteiger partial charge on any atom is 0.282 e. The van der Waals surface area contributed by atoms with E-state index in [9.17, 15) is 4.79 Å². The van der Waals surface area contributed by atoms with Crippen LogP contribution in [0.4, 0.5) is 0 Å². The molecule has 3 rings (SSSR count). The van der Waals surface area contributed by atoms with E-state index in [2.05, 4.69) is 4.99 Å². The molecule has 0 aliphatic carbocycles. The molecule has 19 heavy (non-hydrogen) atoms. The van der Waals surface area contributed by atoms with Crippen molar-refractivity contribution in [1.82, 2.24) is 5.73 Å². The molecule has 2 aliphatic rings. The minimum atomic E-state index is -0.704. The number of amidine groups is 1. The third-order valence-corrected chi connectivity index (χ3v) is 3.50. The fourth-order valence-corrected chi connectivity index (χ4v) is 2.57. The van der Waals surface area contributed by atoms with E-state index in [-0.39, 0.29) is 24.1 Å². The van der Waals surface area contributed by atoms with E-state index in [1.165, 1.54) is 0 Å². The number of amides is 1. The molecule has 1 fully saturated rings. The smallest absolute Gasteiger partial charge is 0.282 e. The summed E-state index contributed by atoms with van der Waals surface area (Å²) < 4.78 is 10.8. The van der Waals surface area contributed by atoms with Gasteiger partial charge in [-0.1, -0.05) is 12.1 Å². The van der Waals surface area contributed by atoms with Gasteiger partial charge in [0.05, 0.1) is 19.3 Å². The van der Waals surface area contributed by atoms with E-state index < -0.39 is 5.91 Å². The van der Waals surface area contributed by atoms with Gasteiger partial charge < -0.3 is 15.2 Å². The lowest BCUT2D eigenvalue weighted by Crippen LogP contribution is -2.37. The van der Waals surface area contributed by atoms with E-state index in [4.69, 9.17) is 20.9 Å². The van der Waals surface area contributed by atoms with Gasteiger partial charge in [-0.05, 0) is 17.7 Å². The zero-order valence-corrected chi connectivity index (χ0v) is 10.2. The first kappa shape index (κ1) is 12.0. The molecule has 1 aromatic rings. The van der Waals surface area contributed by atoms with Crippen LogP contribution in [0.1, 0.15) is 22.0 Å². The zero-order chi connectivity index (χ0) is 13.4. The Hall–Kier alpha value is -2.08. The van der Waals surface area contributed by atoms with Crippen molar-refractivity contribution in [1.29, 1.82) is 0 Å². The molecular weight excluding hydrogens is 246 g/mol. The fourth-order valence-electron chi connectivity index (χ4n) is 2.57. The average molecular weight is 260 g/mol. The molecule has 0 saturated carbocycles. The second-order valence-corrected chi connectivity index (χ2v) is 4.72. The molecule has 2 aliphatic heterocycles. The molecule has 99 valence electrons. The number of ether oxygens (including phenoxy) is 2. The van der Waals surface area contributed by atoms with Gasteiger partial charge in [0.25, 0.3) is 11.9 Å². The van der Waals surface area contributed by atoms with Crippen molar-refractivity contribution in [2.75, 3.05) is 13.2 Å². The Morgan fingerprint density at radius 3 is 3.05 bits per heavy atom. The van der Waals surface area contributed by atoms with Crippen LogP contribution in [0.25, 0.3) is 0 Å². The summed E-state index contributed by atoms with van der Waals surface area (Å²) in [6.45, 7) is 1.07. The molecule has 2 heterocycles. The summed E-state index contributed by atoms with van der Waals surface area (Å²) >= 11 is 0. The lowest BCUT2D eigenvalue weighted by Gasteiger charge is -2.29. The van der Waals surface area contributed by atoms with Crippen LogP contribution in [0.2, 0.25) is 0 Å². The Balaban J connectivity index is 1.97. The van der Waals surface area contributed by atoms with Crippen molar-refractivity contribution in [3.63, 3.8) is 0 Å². The summed E-state index contributed by atoms with van der Waals surface area (Å²) in [6.07, 6.45) is -0.0853. The molecule has 0 aromatic heterocycles. The molecule has 0 spiro atoms. The van der Waals surface area contributed by atoms with Crippen LogP contribution in [0.15, 0.2) is 29.3 Å². The second kappa shape index (κ2) is 4.55. The molecule has 1 aromatic carbocycles. The fraction of sp³-hybridized carbons (Fsp3) is 0.385. The maximum atomic E-state index is 11.1. The first-order chi connectivity index (χ1) is 9.15. The molecule has 3 atom stereocenters. The first-order valence-corrected chi connectivity index (χ1v) is 6.08. The Bertz CT molecular complexity index is 544. The molecule has 6 nitrogen and oxygen atoms in total. The SMILES string of the molecule is [NH]C(=O)c1cccc(C2N=C(N)OC3COCC32)c1. The highest BCUT2D eigenvalue weighted by Gasteiger charge is 2.40. The van der Waals surface area contributed by atoms with E-state index in [0.717, 1.165) is 5.56 Å². The number of rotatable bonds is 2. The predicted molar refractivity (Wildman–Crippen MR) is 67.4 cm³/mol. The Kier molecular flexibility index (Phi) is 2.87. The molecule has 1 radical (unpaired) electrons. The number of carbonyl (C=O) groups is 1. The van der Waals surface area contributed by atoms with Gasteiger partial charge in [0.2, 0.25) is 0 Å². The number of nitrogens with zero attached hydrogens (tertiary/aromatic N) is 1. The number of hydrogen-bond donors (Lipinski definition) is 1. The van der Waals surface area contributed by atoms with E-state index in [1.807, 2.05) is 6.07 Å². The molecule has 6 heteroatoms. The highest BCUT2D eigenvalue weighted by atomic mass is 16.6. The standard InChI is InChI=1S/C13H14N3O3/c14-12(17)8-3-1-2-7(4-8)11-9-5-18-6-10(9)19-13(15)16-11/h1-4,9-11,14H,5-6H2,(H2,15,16). The van der Waals surface area contributed by atoms with Crippen LogP contribution in [0.3, 0.4) is 0 Å². The predicted octanol–water partition coefficient (Wildman–Crippen LogP) is 0.511. The van der Waals surface area contributed by atoms with Crippen molar-refractivity contribution in [3.05, 3.63) is 35.4 Å². The van der Waals surface area contributed by atoms with Gasteiger partial charge in [-0.15, -0.1) is 0 Å². The largest absolute Gasteiger partial charge is 0.459 e. The van der Waals surface area contributed by atoms with Crippen molar-refractivity contribution in [2.45, 2.75) is 12.1 Å². The van der Waals surface area contributed by atoms with Gasteiger partial charge in [0.15, 0.2) is 0 Å². The number of nitrogens with one attached hydrogen (secondary N) is 1. The summed E-state index contributed by atoms with van der Waals surface area (Å²) in [4.78, 5) is 15.4. The van der Waals surface area contributed by atoms with Crippen LogP contribution >= 0.6 is 0 Å². The summed E-state index contributed by atoms with van der Waals surface area (Å²) in [5.41, 5.74) is 14.1. The lowest BCUT2D eigenvalue weighted by atomic mass is 9.89. The van der Waals surface area contributed by atoms with Crippen molar-refractivity contribution in [2.24, 2.45) is 16.6 Å². The van der Waals surface area contributed by atoms with Gasteiger partial charge in [-0.3, -0.25) is 10.5 Å². The molecular formula is C13H14N3O3. The third-order valence-electron chi connectivity index (χ3n) is 3.50. The number of carbonyl (C=O) groups excluding carboxylic acids is 1. The van der Waals surface area contributed by atoms with Crippen LogP contribution in [-0.4, -0.2) is 31.2 Å². The van der Waals surface area contributed by atoms with Crippen molar-refractivity contribution < 1.29 is 14.3 Å². The highest BCUT2D eigenvalue weighted by Crippen LogP contribution is 2.36. The number of fused-ring (bicyclic) bond motifs is 1. The quantitative estimate of drug-likeness (QED) is 0.837. The summed E-state index contributed by atoms with van der Waals surface area (Å²) in [5.74, 6) is -0.603. The summed E-state index contributed by atoms with van der Waals surface area (Å²) in [6, 6.07) is 6.92. The topological polar surface area (TPSA) is 97.7 Å². The van der Waals surface area contributed by atoms with Crippen LogP contribution < -0.4 is 11.5 Å². The van der Waals surface area contributed by atoms with E-state index in [1.54, 1.807) is 18.2 Å². The van der Waals surface area contributed by atoms with Crippen LogP contribution in [0, 0.1) is 5.92 Å².